The first-order valence-corrected chi connectivity index (χ1v) is 12.5. The molecule has 0 amide bonds. The van der Waals surface area contributed by atoms with Crippen molar-refractivity contribution in [3.05, 3.63) is 81.2 Å². The molecule has 2 aromatic heterocycles. The van der Waals surface area contributed by atoms with Crippen LogP contribution in [0.1, 0.15) is 19.7 Å². The van der Waals surface area contributed by atoms with Crippen LogP contribution in [0.4, 0.5) is 0 Å². The number of ether oxygens (including phenoxy) is 1. The van der Waals surface area contributed by atoms with E-state index in [1.807, 2.05) is 60.0 Å². The lowest BCUT2D eigenvalue weighted by atomic mass is 10.1. The van der Waals surface area contributed by atoms with Crippen molar-refractivity contribution in [3.8, 4) is 16.9 Å². The Morgan fingerprint density at radius 2 is 1.82 bits per heavy atom. The molecule has 0 spiro atoms. The quantitative estimate of drug-likeness (QED) is 0.315. The van der Waals surface area contributed by atoms with E-state index in [4.69, 9.17) is 21.3 Å². The van der Waals surface area contributed by atoms with Gasteiger partial charge in [-0.2, -0.15) is 0 Å². The van der Waals surface area contributed by atoms with Crippen molar-refractivity contribution in [1.82, 2.24) is 14.9 Å². The fourth-order valence-corrected chi connectivity index (χ4v) is 5.13. The van der Waals surface area contributed by atoms with E-state index in [-0.39, 0.29) is 12.2 Å². The van der Waals surface area contributed by atoms with E-state index in [2.05, 4.69) is 23.7 Å². The molecule has 6 nitrogen and oxygen atoms in total. The minimum atomic E-state index is -0.678. The first-order valence-electron chi connectivity index (χ1n) is 11.2. The maximum Gasteiger partial charge on any atom is 0.260 e. The predicted octanol–water partition coefficient (Wildman–Crippen LogP) is 5.20. The number of benzene rings is 2. The van der Waals surface area contributed by atoms with E-state index in [9.17, 15) is 9.90 Å². The molecule has 34 heavy (non-hydrogen) atoms. The maximum atomic E-state index is 13.0. The minimum Gasteiger partial charge on any atom is -0.491 e. The zero-order chi connectivity index (χ0) is 24.1. The number of rotatable bonds is 10. The summed E-state index contributed by atoms with van der Waals surface area (Å²) in [5, 5.41) is 13.7. The number of hydrogen-bond donors (Lipinski definition) is 2. The summed E-state index contributed by atoms with van der Waals surface area (Å²) in [6.07, 6.45) is -0.678. The summed E-state index contributed by atoms with van der Waals surface area (Å²) in [5.41, 5.74) is 1.42. The van der Waals surface area contributed by atoms with Gasteiger partial charge in [-0.1, -0.05) is 61.8 Å². The number of para-hydroxylation sites is 1. The molecule has 0 saturated carbocycles. The number of nitrogens with zero attached hydrogens (tertiary/aromatic N) is 2. The number of aromatic amines is 1. The van der Waals surface area contributed by atoms with Crippen LogP contribution in [0.5, 0.6) is 5.75 Å². The highest BCUT2D eigenvalue weighted by atomic mass is 35.5. The lowest BCUT2D eigenvalue weighted by Gasteiger charge is -2.26. The van der Waals surface area contributed by atoms with Crippen LogP contribution in [0.3, 0.4) is 0 Å². The zero-order valence-corrected chi connectivity index (χ0v) is 20.8. The molecular formula is C26H28ClN3O3S. The molecule has 178 valence electrons. The van der Waals surface area contributed by atoms with Gasteiger partial charge in [-0.3, -0.25) is 9.69 Å². The average Bonchev–Trinajstić information content (AvgIpc) is 3.22. The number of halogens is 1. The van der Waals surface area contributed by atoms with Gasteiger partial charge in [-0.25, -0.2) is 4.98 Å². The van der Waals surface area contributed by atoms with E-state index < -0.39 is 6.10 Å². The summed E-state index contributed by atoms with van der Waals surface area (Å²) in [5.74, 6) is 1.67. The Bertz CT molecular complexity index is 1290. The second kappa shape index (κ2) is 11.1. The van der Waals surface area contributed by atoms with Crippen LogP contribution in [0.25, 0.3) is 21.3 Å². The van der Waals surface area contributed by atoms with Gasteiger partial charge in [0.05, 0.1) is 11.9 Å². The largest absolute Gasteiger partial charge is 0.491 e. The number of aliphatic hydroxyl groups is 1. The smallest absolute Gasteiger partial charge is 0.260 e. The summed E-state index contributed by atoms with van der Waals surface area (Å²) in [4.78, 5) is 23.5. The maximum absolute atomic E-state index is 13.0. The Labute approximate surface area is 207 Å². The van der Waals surface area contributed by atoms with Crippen molar-refractivity contribution in [2.45, 2.75) is 26.5 Å². The lowest BCUT2D eigenvalue weighted by molar-refractivity contribution is 0.0606. The summed E-state index contributed by atoms with van der Waals surface area (Å²) in [7, 11) is 0. The molecule has 0 saturated heterocycles. The molecule has 0 aliphatic rings. The molecule has 4 aromatic rings. The second-order valence-electron chi connectivity index (χ2n) is 8.69. The van der Waals surface area contributed by atoms with Gasteiger partial charge in [0, 0.05) is 34.6 Å². The third-order valence-corrected chi connectivity index (χ3v) is 6.51. The molecule has 0 bridgehead atoms. The van der Waals surface area contributed by atoms with E-state index in [1.165, 1.54) is 11.3 Å². The molecule has 4 rings (SSSR count). The molecule has 0 aliphatic carbocycles. The van der Waals surface area contributed by atoms with Crippen LogP contribution in [0, 0.1) is 5.92 Å². The Kier molecular flexibility index (Phi) is 8.00. The number of thiophene rings is 1. The molecule has 2 aromatic carbocycles. The molecular weight excluding hydrogens is 470 g/mol. The summed E-state index contributed by atoms with van der Waals surface area (Å²) in [6, 6.07) is 16.9. The Balaban J connectivity index is 1.51. The highest BCUT2D eigenvalue weighted by Gasteiger charge is 2.18. The van der Waals surface area contributed by atoms with E-state index >= 15 is 0 Å². The van der Waals surface area contributed by atoms with Crippen molar-refractivity contribution in [2.24, 2.45) is 5.92 Å². The van der Waals surface area contributed by atoms with E-state index in [0.29, 0.717) is 40.1 Å². The number of hydrogen-bond acceptors (Lipinski definition) is 6. The van der Waals surface area contributed by atoms with E-state index in [0.717, 1.165) is 23.4 Å². The summed E-state index contributed by atoms with van der Waals surface area (Å²) >= 11 is 7.79. The normalized spacial score (nSPS) is 12.5. The zero-order valence-electron chi connectivity index (χ0n) is 19.2. The summed E-state index contributed by atoms with van der Waals surface area (Å²) < 4.78 is 5.70. The first kappa shape index (κ1) is 24.4. The van der Waals surface area contributed by atoms with Gasteiger partial charge in [0.1, 0.15) is 29.1 Å². The van der Waals surface area contributed by atoms with Crippen LogP contribution in [-0.4, -0.2) is 45.8 Å². The fourth-order valence-electron chi connectivity index (χ4n) is 3.94. The van der Waals surface area contributed by atoms with Gasteiger partial charge in [0.2, 0.25) is 0 Å². The van der Waals surface area contributed by atoms with Crippen LogP contribution in [-0.2, 0) is 6.54 Å². The van der Waals surface area contributed by atoms with Gasteiger partial charge in [-0.15, -0.1) is 11.3 Å². The Hall–Kier alpha value is -2.71. The lowest BCUT2D eigenvalue weighted by Crippen LogP contribution is -2.38. The highest BCUT2D eigenvalue weighted by Crippen LogP contribution is 2.34. The second-order valence-corrected chi connectivity index (χ2v) is 9.95. The molecule has 2 heterocycles. The number of aliphatic hydroxyl groups excluding tert-OH is 1. The van der Waals surface area contributed by atoms with Crippen LogP contribution >= 0.6 is 22.9 Å². The monoisotopic (exact) mass is 497 g/mol. The molecule has 0 fully saturated rings. The van der Waals surface area contributed by atoms with Crippen LogP contribution in [0.2, 0.25) is 5.02 Å². The highest BCUT2D eigenvalue weighted by molar-refractivity contribution is 7.17. The van der Waals surface area contributed by atoms with Crippen molar-refractivity contribution < 1.29 is 9.84 Å². The summed E-state index contributed by atoms with van der Waals surface area (Å²) in [6.45, 7) is 6.00. The SMILES string of the molecule is CC(C)CN(Cc1nc2scc(-c3ccccc3Cl)c2c(=O)[nH]1)CC(O)COc1ccccc1. The first-order chi connectivity index (χ1) is 16.4. The molecule has 1 atom stereocenters. The average molecular weight is 498 g/mol. The molecule has 0 radical (unpaired) electrons. The fraction of sp³-hybridized carbons (Fsp3) is 0.308. The number of fused-ring (bicyclic) bond motifs is 1. The third-order valence-electron chi connectivity index (χ3n) is 5.31. The number of nitrogens with one attached hydrogen (secondary N) is 1. The molecule has 0 aliphatic heterocycles. The van der Waals surface area contributed by atoms with Gasteiger partial charge in [0.15, 0.2) is 0 Å². The molecule has 8 heteroatoms. The van der Waals surface area contributed by atoms with Gasteiger partial charge < -0.3 is 14.8 Å². The number of H-pyrrole nitrogens is 1. The number of aromatic nitrogens is 2. The molecule has 1 unspecified atom stereocenters. The minimum absolute atomic E-state index is 0.186. The molecule has 2 N–H and O–H groups in total. The van der Waals surface area contributed by atoms with Gasteiger partial charge >= 0.3 is 0 Å². The van der Waals surface area contributed by atoms with Crippen LogP contribution < -0.4 is 10.3 Å². The van der Waals surface area contributed by atoms with Gasteiger partial charge in [0.25, 0.3) is 5.56 Å². The Morgan fingerprint density at radius 1 is 1.09 bits per heavy atom. The van der Waals surface area contributed by atoms with Crippen molar-refractivity contribution >= 4 is 33.2 Å². The van der Waals surface area contributed by atoms with Gasteiger partial charge in [-0.05, 0) is 24.1 Å². The standard InChI is InChI=1S/C26H28ClN3O3S/c1-17(2)12-30(13-18(31)15-33-19-8-4-3-5-9-19)14-23-28-25(32)24-21(16-34-26(24)29-23)20-10-6-7-11-22(20)27/h3-11,16-18,31H,12-15H2,1-2H3,(H,28,29,32). The topological polar surface area (TPSA) is 78.5 Å². The van der Waals surface area contributed by atoms with Crippen molar-refractivity contribution in [1.29, 1.82) is 0 Å². The van der Waals surface area contributed by atoms with E-state index in [1.54, 1.807) is 0 Å². The third kappa shape index (κ3) is 6.04. The van der Waals surface area contributed by atoms with Crippen molar-refractivity contribution in [2.75, 3.05) is 19.7 Å². The predicted molar refractivity (Wildman–Crippen MR) is 139 cm³/mol. The van der Waals surface area contributed by atoms with Crippen LogP contribution in [0.15, 0.2) is 64.8 Å². The van der Waals surface area contributed by atoms with Crippen molar-refractivity contribution in [3.63, 3.8) is 0 Å². The Morgan fingerprint density at radius 3 is 2.56 bits per heavy atom.